The van der Waals surface area contributed by atoms with Crippen molar-refractivity contribution in [2.75, 3.05) is 0 Å². The summed E-state index contributed by atoms with van der Waals surface area (Å²) in [5.41, 5.74) is 4.94. The summed E-state index contributed by atoms with van der Waals surface area (Å²) in [6, 6.07) is -1.17. The van der Waals surface area contributed by atoms with Gasteiger partial charge in [0, 0.05) is 24.4 Å². The molecule has 0 aliphatic rings. The van der Waals surface area contributed by atoms with Gasteiger partial charge in [0.25, 0.3) is 0 Å². The van der Waals surface area contributed by atoms with E-state index < -0.39 is 35.9 Å². The van der Waals surface area contributed by atoms with Crippen molar-refractivity contribution in [3.63, 3.8) is 0 Å². The number of carbonyl (C=O) groups excluding carboxylic acids is 4. The first-order valence-corrected chi connectivity index (χ1v) is 5.64. The zero-order valence-corrected chi connectivity index (χ0v) is 24.5. The molecule has 0 aliphatic heterocycles. The molecule has 0 fully saturated rings. The average molecular weight is 427 g/mol. The third kappa shape index (κ3) is 117. The van der Waals surface area contributed by atoms with E-state index in [1.54, 1.807) is 0 Å². The molecular weight excluding hydrogens is 410 g/mol. The van der Waals surface area contributed by atoms with E-state index in [1.165, 1.54) is 0 Å². The maximum atomic E-state index is 9.88. The van der Waals surface area contributed by atoms with Crippen molar-refractivity contribution in [1.82, 2.24) is 0 Å². The largest absolute Gasteiger partial charge is 1.00 e. The van der Waals surface area contributed by atoms with Crippen LogP contribution in [0.4, 0.5) is 0 Å². The van der Waals surface area contributed by atoms with Gasteiger partial charge in [-0.25, -0.2) is 0 Å². The summed E-state index contributed by atoms with van der Waals surface area (Å²) in [5, 5.41) is 44.9. The van der Waals surface area contributed by atoms with Gasteiger partial charge in [0.1, 0.15) is 0 Å². The Kier molecular flexibility index (Phi) is 71.4. The fraction of sp³-hybridized carbons (Fsp3) is 0.417. The molecule has 0 heterocycles. The molecule has 11 nitrogen and oxygen atoms in total. The van der Waals surface area contributed by atoms with E-state index in [2.05, 4.69) is 6.58 Å². The molecule has 27 heavy (non-hydrogen) atoms. The molecular formula is C12H17NNa4O10. The molecule has 0 saturated heterocycles. The van der Waals surface area contributed by atoms with Crippen molar-refractivity contribution < 1.29 is 168 Å². The Labute approximate surface area is 245 Å². The van der Waals surface area contributed by atoms with Crippen molar-refractivity contribution in [3.8, 4) is 0 Å². The molecule has 0 saturated carbocycles. The van der Waals surface area contributed by atoms with Crippen LogP contribution in [0.1, 0.15) is 26.7 Å². The number of hydrogen-bond donors (Lipinski definition) is 2. The first-order chi connectivity index (χ1) is 10.3. The fourth-order valence-electron chi connectivity index (χ4n) is 0.397. The van der Waals surface area contributed by atoms with Crippen LogP contribution in [0.3, 0.4) is 0 Å². The number of rotatable bonds is 5. The van der Waals surface area contributed by atoms with Crippen LogP contribution in [-0.4, -0.2) is 41.0 Å². The predicted molar refractivity (Wildman–Crippen MR) is 66.4 cm³/mol. The van der Waals surface area contributed by atoms with E-state index in [1.807, 2.05) is 0 Å². The van der Waals surface area contributed by atoms with Gasteiger partial charge in [-0.15, -0.1) is 0 Å². The van der Waals surface area contributed by atoms with Crippen molar-refractivity contribution >= 4 is 29.8 Å². The molecule has 0 aromatic rings. The minimum Gasteiger partial charge on any atom is -0.550 e. The molecule has 15 heteroatoms. The number of aliphatic carboxylic acids is 5. The maximum absolute atomic E-state index is 9.88. The Hall–Kier alpha value is 1.05. The normalized spacial score (nSPS) is 7.67. The van der Waals surface area contributed by atoms with E-state index in [0.717, 1.165) is 19.9 Å². The molecule has 0 aromatic heterocycles. The first kappa shape index (κ1) is 51.1. The number of nitrogens with two attached hydrogens (primary N) is 1. The van der Waals surface area contributed by atoms with Crippen LogP contribution in [0, 0.1) is 0 Å². The molecule has 1 atom stereocenters. The fourth-order valence-corrected chi connectivity index (χ4v) is 0.397. The predicted octanol–water partition coefficient (Wildman–Crippen LogP) is -17.6. The zero-order valence-electron chi connectivity index (χ0n) is 16.5. The summed E-state index contributed by atoms with van der Waals surface area (Å²) >= 11 is 0. The standard InChI is InChI=1S/C5H9NO4.C3H4O2.2C2H4O2.4Na/c6-3(5(9)10)1-2-4(7)8;1-2-3(4)5;2*1-2(3)4;;;;/h3H,1-2,6H2,(H,7,8)(H,9,10);2H,1H2,(H,4,5);2*1H3,(H,3,4);;;;/q;;;;4*+1/p-4/t3-;;;;;;;/m0......./s1. The van der Waals surface area contributed by atoms with Gasteiger partial charge in [-0.3, -0.25) is 4.79 Å². The Bertz CT molecular complexity index is 401. The van der Waals surface area contributed by atoms with Crippen LogP contribution in [-0.2, 0) is 24.0 Å². The molecule has 0 rings (SSSR count). The summed E-state index contributed by atoms with van der Waals surface area (Å²) in [6.07, 6.45) is 0.396. The van der Waals surface area contributed by atoms with Crippen molar-refractivity contribution in [3.05, 3.63) is 12.7 Å². The second-order valence-electron chi connectivity index (χ2n) is 3.36. The van der Waals surface area contributed by atoms with Crippen molar-refractivity contribution in [1.29, 1.82) is 0 Å². The van der Waals surface area contributed by atoms with Crippen LogP contribution >= 0.6 is 0 Å². The van der Waals surface area contributed by atoms with Gasteiger partial charge in [0.05, 0.1) is 11.9 Å². The zero-order chi connectivity index (χ0) is 19.6. The van der Waals surface area contributed by atoms with E-state index in [4.69, 9.17) is 40.5 Å². The van der Waals surface area contributed by atoms with Crippen LogP contribution in [0.5, 0.6) is 0 Å². The monoisotopic (exact) mass is 427 g/mol. The molecule has 0 amide bonds. The van der Waals surface area contributed by atoms with Gasteiger partial charge < -0.3 is 50.4 Å². The Balaban J connectivity index is -0.0000000308. The van der Waals surface area contributed by atoms with Crippen LogP contribution < -0.4 is 144 Å². The SMILES string of the molecule is C=CC(=O)[O-].CC(=O)[O-].CC(=O)[O-].N[C@@H](CCC(=O)O)C(=O)[O-].[Na+].[Na+].[Na+].[Na+]. The summed E-state index contributed by atoms with van der Waals surface area (Å²) in [4.78, 5) is 46.7. The molecule has 0 radical (unpaired) electrons. The molecule has 0 bridgehead atoms. The smallest absolute Gasteiger partial charge is 0.550 e. The summed E-state index contributed by atoms with van der Waals surface area (Å²) in [5.74, 6) is -5.87. The van der Waals surface area contributed by atoms with Gasteiger partial charge in [-0.05, 0) is 26.3 Å². The van der Waals surface area contributed by atoms with E-state index in [9.17, 15) is 14.7 Å². The van der Waals surface area contributed by atoms with Crippen molar-refractivity contribution in [2.24, 2.45) is 5.73 Å². The molecule has 134 valence electrons. The summed E-state index contributed by atoms with van der Waals surface area (Å²) in [6.45, 7) is 4.84. The second-order valence-corrected chi connectivity index (χ2v) is 3.36. The molecule has 0 aromatic carbocycles. The number of hydrogen-bond acceptors (Lipinski definition) is 10. The maximum Gasteiger partial charge on any atom is 1.00 e. The topological polar surface area (TPSA) is 224 Å². The molecule has 0 spiro atoms. The van der Waals surface area contributed by atoms with Crippen LogP contribution in [0.15, 0.2) is 12.7 Å². The van der Waals surface area contributed by atoms with Gasteiger partial charge >= 0.3 is 124 Å². The first-order valence-electron chi connectivity index (χ1n) is 5.64. The quantitative estimate of drug-likeness (QED) is 0.309. The van der Waals surface area contributed by atoms with Crippen molar-refractivity contribution in [2.45, 2.75) is 32.7 Å². The molecule has 3 N–H and O–H groups in total. The Morgan fingerprint density at radius 1 is 0.926 bits per heavy atom. The number of carboxylic acid groups (broad SMARTS) is 5. The number of carboxylic acids is 5. The third-order valence-electron chi connectivity index (χ3n) is 1.14. The van der Waals surface area contributed by atoms with E-state index in [-0.39, 0.29) is 131 Å². The van der Waals surface area contributed by atoms with E-state index in [0.29, 0.717) is 0 Å². The third-order valence-corrected chi connectivity index (χ3v) is 1.14. The Morgan fingerprint density at radius 2 is 1.15 bits per heavy atom. The average Bonchev–Trinajstić information content (AvgIpc) is 2.34. The summed E-state index contributed by atoms with van der Waals surface area (Å²) in [7, 11) is 0. The minimum atomic E-state index is -1.42. The minimum absolute atomic E-state index is 0. The molecule has 0 aliphatic carbocycles. The molecule has 0 unspecified atom stereocenters. The van der Waals surface area contributed by atoms with Gasteiger partial charge in [-0.1, -0.05) is 6.58 Å². The van der Waals surface area contributed by atoms with Gasteiger partial charge in [0.2, 0.25) is 0 Å². The van der Waals surface area contributed by atoms with Gasteiger partial charge in [0.15, 0.2) is 0 Å². The number of carbonyl (C=O) groups is 5. The van der Waals surface area contributed by atoms with Crippen LogP contribution in [0.25, 0.3) is 0 Å². The second kappa shape index (κ2) is 37.8. The Morgan fingerprint density at radius 3 is 1.26 bits per heavy atom. The van der Waals surface area contributed by atoms with Crippen LogP contribution in [0.2, 0.25) is 0 Å². The van der Waals surface area contributed by atoms with E-state index >= 15 is 0 Å². The van der Waals surface area contributed by atoms with Gasteiger partial charge in [-0.2, -0.15) is 0 Å². The summed E-state index contributed by atoms with van der Waals surface area (Å²) < 4.78 is 0.